The van der Waals surface area contributed by atoms with E-state index in [0.29, 0.717) is 15.7 Å². The third-order valence-corrected chi connectivity index (χ3v) is 12.1. The van der Waals surface area contributed by atoms with E-state index < -0.39 is 18.3 Å². The fourth-order valence-corrected chi connectivity index (χ4v) is 6.05. The Bertz CT molecular complexity index is 615. The van der Waals surface area contributed by atoms with Crippen LogP contribution in [0, 0.1) is 6.92 Å². The molecule has 0 fully saturated rings. The van der Waals surface area contributed by atoms with Gasteiger partial charge in [-0.1, -0.05) is 33.9 Å². The Morgan fingerprint density at radius 3 is 2.05 bits per heavy atom. The number of hydrogen-bond donors (Lipinski definition) is 0. The molecule has 1 heterocycles. The molecule has 0 saturated carbocycles. The van der Waals surface area contributed by atoms with Crippen molar-refractivity contribution in [3.05, 3.63) is 10.3 Å². The molecule has 0 unspecified atom stereocenters. The minimum absolute atomic E-state index is 0.00379. The van der Waals surface area contributed by atoms with Crippen LogP contribution < -0.4 is 5.45 Å². The summed E-state index contributed by atoms with van der Waals surface area (Å²) in [7, 11) is -2.56. The first-order chi connectivity index (χ1) is 8.74. The third-order valence-electron chi connectivity index (χ3n) is 4.13. The first kappa shape index (κ1) is 17.9. The van der Waals surface area contributed by atoms with Crippen molar-refractivity contribution in [1.82, 2.24) is 13.3 Å². The van der Waals surface area contributed by atoms with Crippen LogP contribution in [-0.4, -0.2) is 43.8 Å². The molecule has 1 rings (SSSR count). The molecule has 5 nitrogen and oxygen atoms in total. The van der Waals surface area contributed by atoms with E-state index in [9.17, 15) is 8.42 Å². The van der Waals surface area contributed by atoms with E-state index >= 15 is 0 Å². The number of halogens is 1. The molecule has 0 aliphatic heterocycles. The van der Waals surface area contributed by atoms with Gasteiger partial charge < -0.3 is 0 Å². The van der Waals surface area contributed by atoms with Crippen LogP contribution in [0.4, 0.5) is 0 Å². The Morgan fingerprint density at radius 1 is 1.25 bits per heavy atom. The molecule has 0 bridgehead atoms. The van der Waals surface area contributed by atoms with Crippen LogP contribution in [0.2, 0.25) is 18.1 Å². The van der Waals surface area contributed by atoms with E-state index in [2.05, 4.69) is 54.8 Å². The molecule has 8 heteroatoms. The zero-order valence-electron chi connectivity index (χ0n) is 13.4. The lowest BCUT2D eigenvalue weighted by molar-refractivity contribution is 0.510. The van der Waals surface area contributed by atoms with Crippen molar-refractivity contribution in [1.29, 1.82) is 0 Å². The smallest absolute Gasteiger partial charge is 0.230 e. The van der Waals surface area contributed by atoms with Gasteiger partial charge in [0.1, 0.15) is 18.1 Å². The first-order valence-electron chi connectivity index (χ1n) is 6.43. The van der Waals surface area contributed by atoms with Gasteiger partial charge >= 0.3 is 10.2 Å². The zero-order chi connectivity index (χ0) is 16.1. The summed E-state index contributed by atoms with van der Waals surface area (Å²) < 4.78 is 28.4. The van der Waals surface area contributed by atoms with Gasteiger partial charge in [0.2, 0.25) is 0 Å². The number of aromatic nitrogens is 2. The van der Waals surface area contributed by atoms with Gasteiger partial charge in [0.25, 0.3) is 0 Å². The van der Waals surface area contributed by atoms with Crippen molar-refractivity contribution in [3.8, 4) is 0 Å². The summed E-state index contributed by atoms with van der Waals surface area (Å²) in [4.78, 5) is 4.53. The van der Waals surface area contributed by atoms with Gasteiger partial charge in [0.05, 0.1) is 5.69 Å². The van der Waals surface area contributed by atoms with Crippen molar-refractivity contribution < 1.29 is 8.42 Å². The molecule has 116 valence electrons. The quantitative estimate of drug-likeness (QED) is 0.754. The maximum atomic E-state index is 12.6. The lowest BCUT2D eigenvalue weighted by Gasteiger charge is -2.36. The normalized spacial score (nSPS) is 14.1. The van der Waals surface area contributed by atoms with E-state index in [1.165, 1.54) is 22.4 Å². The highest BCUT2D eigenvalue weighted by Crippen LogP contribution is 2.36. The van der Waals surface area contributed by atoms with Crippen LogP contribution in [0.1, 0.15) is 26.5 Å². The molecule has 0 saturated heterocycles. The molecule has 0 aliphatic carbocycles. The summed E-state index contributed by atoms with van der Waals surface area (Å²) >= 11 is 3.38. The lowest BCUT2D eigenvalue weighted by atomic mass is 10.2. The van der Waals surface area contributed by atoms with Crippen LogP contribution in [0.5, 0.6) is 0 Å². The van der Waals surface area contributed by atoms with Crippen LogP contribution in [0.3, 0.4) is 0 Å². The summed E-state index contributed by atoms with van der Waals surface area (Å²) in [5, 5.41) is 0.00379. The van der Waals surface area contributed by atoms with Gasteiger partial charge in [-0.05, 0) is 27.9 Å². The summed E-state index contributed by atoms with van der Waals surface area (Å²) in [6.45, 7) is 12.5. The molecular formula is C12H24BrN3O2SSi. The van der Waals surface area contributed by atoms with Gasteiger partial charge in [-0.15, -0.1) is 0 Å². The maximum Gasteiger partial charge on any atom is 0.308 e. The van der Waals surface area contributed by atoms with E-state index in [1.54, 1.807) is 6.92 Å². The molecule has 0 aliphatic rings. The molecule has 0 amide bonds. The van der Waals surface area contributed by atoms with Gasteiger partial charge in [-0.2, -0.15) is 12.7 Å². The Morgan fingerprint density at radius 2 is 1.70 bits per heavy atom. The highest BCUT2D eigenvalue weighted by Gasteiger charge is 2.43. The predicted molar refractivity (Wildman–Crippen MR) is 89.5 cm³/mol. The van der Waals surface area contributed by atoms with Crippen molar-refractivity contribution in [2.45, 2.75) is 45.8 Å². The SMILES string of the molecule is Cc1c(Br)nc([Si](C)(C)C(C)(C)C)n1S(=O)(=O)N(C)C. The molecular weight excluding hydrogens is 358 g/mol. The molecule has 20 heavy (non-hydrogen) atoms. The van der Waals surface area contributed by atoms with Crippen molar-refractivity contribution in [3.63, 3.8) is 0 Å². The molecule has 0 atom stereocenters. The zero-order valence-corrected chi connectivity index (χ0v) is 16.8. The highest BCUT2D eigenvalue weighted by molar-refractivity contribution is 9.10. The van der Waals surface area contributed by atoms with E-state index in [-0.39, 0.29) is 5.04 Å². The van der Waals surface area contributed by atoms with Crippen molar-refractivity contribution >= 4 is 39.7 Å². The summed E-state index contributed by atoms with van der Waals surface area (Å²) in [5.41, 5.74) is 1.31. The standard InChI is InChI=1S/C12H24BrN3O2SSi/c1-9-10(13)14-11(20(7,8)12(2,3)4)16(9)19(17,18)15(5)6/h1-8H3. The second kappa shape index (κ2) is 5.22. The number of imidazole rings is 1. The predicted octanol–water partition coefficient (Wildman–Crippen LogP) is 2.32. The minimum Gasteiger partial charge on any atom is -0.230 e. The minimum atomic E-state index is -3.57. The van der Waals surface area contributed by atoms with Gasteiger partial charge in [0.15, 0.2) is 0 Å². The van der Waals surface area contributed by atoms with Crippen LogP contribution in [-0.2, 0) is 10.2 Å². The molecule has 0 N–H and O–H groups in total. The maximum absolute atomic E-state index is 12.6. The van der Waals surface area contributed by atoms with Crippen LogP contribution >= 0.6 is 15.9 Å². The lowest BCUT2D eigenvalue weighted by Crippen LogP contribution is -2.56. The molecule has 1 aromatic rings. The largest absolute Gasteiger partial charge is 0.308 e. The Hall–Kier alpha value is -0.183. The fourth-order valence-electron chi connectivity index (χ4n) is 1.64. The molecule has 1 aromatic heterocycles. The fraction of sp³-hybridized carbons (Fsp3) is 0.750. The number of hydrogen-bond acceptors (Lipinski definition) is 3. The van der Waals surface area contributed by atoms with Crippen molar-refractivity contribution in [2.75, 3.05) is 14.1 Å². The van der Waals surface area contributed by atoms with E-state index in [4.69, 9.17) is 0 Å². The van der Waals surface area contributed by atoms with E-state index in [1.807, 2.05) is 0 Å². The van der Waals surface area contributed by atoms with Crippen molar-refractivity contribution in [2.24, 2.45) is 0 Å². The summed E-state index contributed by atoms with van der Waals surface area (Å²) in [6, 6.07) is 0. The topological polar surface area (TPSA) is 55.2 Å². The number of nitrogens with zero attached hydrogens (tertiary/aromatic N) is 3. The molecule has 0 spiro atoms. The summed E-state index contributed by atoms with van der Waals surface area (Å²) in [5.74, 6) is 0. The van der Waals surface area contributed by atoms with Gasteiger partial charge in [-0.3, -0.25) is 0 Å². The van der Waals surface area contributed by atoms with Gasteiger partial charge in [-0.25, -0.2) is 8.96 Å². The summed E-state index contributed by atoms with van der Waals surface area (Å²) in [6.07, 6.45) is 0. The monoisotopic (exact) mass is 381 g/mol. The number of rotatable bonds is 3. The second-order valence-corrected chi connectivity index (χ2v) is 14.7. The van der Waals surface area contributed by atoms with Gasteiger partial charge in [0, 0.05) is 14.1 Å². The average molecular weight is 382 g/mol. The first-order valence-corrected chi connectivity index (χ1v) is 11.6. The molecule has 0 radical (unpaired) electrons. The Labute approximate surface area is 131 Å². The Balaban J connectivity index is 3.74. The Kier molecular flexibility index (Phi) is 4.67. The molecule has 0 aromatic carbocycles. The third kappa shape index (κ3) is 2.75. The second-order valence-electron chi connectivity index (χ2n) is 6.74. The average Bonchev–Trinajstić information content (AvgIpc) is 2.54. The van der Waals surface area contributed by atoms with Crippen LogP contribution in [0.25, 0.3) is 0 Å². The van der Waals surface area contributed by atoms with E-state index in [0.717, 1.165) is 0 Å². The highest BCUT2D eigenvalue weighted by atomic mass is 79.9. The van der Waals surface area contributed by atoms with Crippen LogP contribution in [0.15, 0.2) is 4.60 Å².